The molecular formula is C29H37N3O4. The second-order valence-corrected chi connectivity index (χ2v) is 12.2. The second kappa shape index (κ2) is 8.30. The Kier molecular flexibility index (Phi) is 5.25. The number of carbonyl (C=O) groups is 3. The van der Waals surface area contributed by atoms with E-state index in [1.54, 1.807) is 11.0 Å². The first kappa shape index (κ1) is 22.8. The Morgan fingerprint density at radius 1 is 1.00 bits per heavy atom. The van der Waals surface area contributed by atoms with Crippen LogP contribution >= 0.6 is 0 Å². The van der Waals surface area contributed by atoms with Gasteiger partial charge in [-0.2, -0.15) is 0 Å². The Hall–Kier alpha value is -2.41. The molecule has 1 saturated heterocycles. The summed E-state index contributed by atoms with van der Waals surface area (Å²) in [5.74, 6) is 3.16. The SMILES string of the molecule is O=C1CCC(N2Cc3c(OCCCCCCCNC45CC6CC7CC(C4)C765)cccc3C2=O)C(=O)N1. The molecular weight excluding hydrogens is 454 g/mol. The number of nitrogens with one attached hydrogen (secondary N) is 2. The maximum atomic E-state index is 12.9. The van der Waals surface area contributed by atoms with E-state index >= 15 is 0 Å². The van der Waals surface area contributed by atoms with Gasteiger partial charge in [0.1, 0.15) is 11.8 Å². The number of hydrogen-bond acceptors (Lipinski definition) is 5. The van der Waals surface area contributed by atoms with Crippen molar-refractivity contribution < 1.29 is 19.1 Å². The lowest BCUT2D eigenvalue weighted by molar-refractivity contribution is -0.397. The molecule has 2 N–H and O–H groups in total. The van der Waals surface area contributed by atoms with Gasteiger partial charge in [-0.3, -0.25) is 19.7 Å². The van der Waals surface area contributed by atoms with Crippen LogP contribution < -0.4 is 15.4 Å². The summed E-state index contributed by atoms with van der Waals surface area (Å²) in [5.41, 5.74) is 2.80. The second-order valence-electron chi connectivity index (χ2n) is 12.2. The molecule has 7 nitrogen and oxygen atoms in total. The predicted molar refractivity (Wildman–Crippen MR) is 133 cm³/mol. The number of ether oxygens (including phenoxy) is 1. The van der Waals surface area contributed by atoms with E-state index in [-0.39, 0.29) is 24.1 Å². The van der Waals surface area contributed by atoms with E-state index in [9.17, 15) is 14.4 Å². The Balaban J connectivity index is 0.820. The van der Waals surface area contributed by atoms with Crippen LogP contribution in [-0.2, 0) is 16.1 Å². The molecule has 4 saturated carbocycles. The van der Waals surface area contributed by atoms with Crippen LogP contribution in [0.3, 0.4) is 0 Å². The Morgan fingerprint density at radius 2 is 1.78 bits per heavy atom. The summed E-state index contributed by atoms with van der Waals surface area (Å²) in [6.07, 6.45) is 12.5. The van der Waals surface area contributed by atoms with Gasteiger partial charge in [-0.05, 0) is 86.8 Å². The van der Waals surface area contributed by atoms with Gasteiger partial charge in [0.05, 0.1) is 13.2 Å². The highest BCUT2D eigenvalue weighted by atomic mass is 16.5. The normalized spacial score (nSPS) is 37.0. The largest absolute Gasteiger partial charge is 0.493 e. The van der Waals surface area contributed by atoms with Gasteiger partial charge in [0.2, 0.25) is 11.8 Å². The van der Waals surface area contributed by atoms with Gasteiger partial charge in [0, 0.05) is 23.1 Å². The predicted octanol–water partition coefficient (Wildman–Crippen LogP) is 3.56. The smallest absolute Gasteiger partial charge is 0.255 e. The van der Waals surface area contributed by atoms with E-state index in [1.165, 1.54) is 51.5 Å². The molecule has 2 heterocycles. The highest BCUT2D eigenvalue weighted by Crippen LogP contribution is 2.89. The van der Waals surface area contributed by atoms with Crippen molar-refractivity contribution in [2.75, 3.05) is 13.2 Å². The Labute approximate surface area is 212 Å². The van der Waals surface area contributed by atoms with Crippen molar-refractivity contribution in [1.82, 2.24) is 15.5 Å². The fourth-order valence-corrected chi connectivity index (χ4v) is 9.19. The number of fused-ring (bicyclic) bond motifs is 1. The topological polar surface area (TPSA) is 87.7 Å². The van der Waals surface area contributed by atoms with Crippen LogP contribution in [0.1, 0.15) is 86.6 Å². The van der Waals surface area contributed by atoms with E-state index in [4.69, 9.17) is 4.74 Å². The molecule has 0 bridgehead atoms. The first-order valence-electron chi connectivity index (χ1n) is 14.2. The monoisotopic (exact) mass is 491 g/mol. The summed E-state index contributed by atoms with van der Waals surface area (Å²) in [6, 6.07) is 4.96. The van der Waals surface area contributed by atoms with Gasteiger partial charge in [0.15, 0.2) is 0 Å². The highest BCUT2D eigenvalue weighted by Gasteiger charge is 2.87. The van der Waals surface area contributed by atoms with Gasteiger partial charge in [0.25, 0.3) is 5.91 Å². The summed E-state index contributed by atoms with van der Waals surface area (Å²) in [6.45, 7) is 2.17. The quantitative estimate of drug-likeness (QED) is 0.365. The first-order valence-corrected chi connectivity index (χ1v) is 14.2. The summed E-state index contributed by atoms with van der Waals surface area (Å²) < 4.78 is 6.09. The molecule has 1 aromatic rings. The average molecular weight is 492 g/mol. The number of nitrogens with zero attached hydrogens (tertiary/aromatic N) is 1. The average Bonchev–Trinajstić information content (AvgIpc) is 3.14. The van der Waals surface area contributed by atoms with Crippen molar-refractivity contribution in [2.24, 2.45) is 23.2 Å². The summed E-state index contributed by atoms with van der Waals surface area (Å²) >= 11 is 0. The molecule has 7 rings (SSSR count). The molecule has 1 aromatic carbocycles. The molecule has 3 atom stereocenters. The maximum Gasteiger partial charge on any atom is 0.255 e. The van der Waals surface area contributed by atoms with Crippen molar-refractivity contribution in [3.63, 3.8) is 0 Å². The number of amides is 3. The summed E-state index contributed by atoms with van der Waals surface area (Å²) in [5, 5.41) is 6.36. The van der Waals surface area contributed by atoms with Crippen LogP contribution in [0.2, 0.25) is 0 Å². The molecule has 1 spiro atoms. The van der Waals surface area contributed by atoms with Crippen molar-refractivity contribution in [3.8, 4) is 5.75 Å². The molecule has 7 heteroatoms. The van der Waals surface area contributed by atoms with Crippen LogP contribution in [0, 0.1) is 23.2 Å². The van der Waals surface area contributed by atoms with E-state index in [0.717, 1.165) is 47.3 Å². The summed E-state index contributed by atoms with van der Waals surface area (Å²) in [7, 11) is 0. The number of piperidine rings is 1. The van der Waals surface area contributed by atoms with Crippen LogP contribution in [0.25, 0.3) is 0 Å². The third-order valence-electron chi connectivity index (χ3n) is 10.8. The van der Waals surface area contributed by atoms with Gasteiger partial charge >= 0.3 is 0 Å². The van der Waals surface area contributed by atoms with Gasteiger partial charge in [-0.1, -0.05) is 25.3 Å². The number of carbonyl (C=O) groups excluding carboxylic acids is 3. The van der Waals surface area contributed by atoms with Crippen molar-refractivity contribution >= 4 is 17.7 Å². The van der Waals surface area contributed by atoms with Crippen LogP contribution in [0.4, 0.5) is 0 Å². The van der Waals surface area contributed by atoms with E-state index in [1.807, 2.05) is 12.1 Å². The minimum atomic E-state index is -0.593. The van der Waals surface area contributed by atoms with Gasteiger partial charge in [-0.25, -0.2) is 0 Å². The number of hydrogen-bond donors (Lipinski definition) is 2. The number of benzene rings is 1. The fraction of sp³-hybridized carbons (Fsp3) is 0.690. The zero-order chi connectivity index (χ0) is 24.5. The molecule has 192 valence electrons. The van der Waals surface area contributed by atoms with Crippen molar-refractivity contribution in [1.29, 1.82) is 0 Å². The molecule has 5 fully saturated rings. The minimum absolute atomic E-state index is 0.155. The minimum Gasteiger partial charge on any atom is -0.493 e. The van der Waals surface area contributed by atoms with E-state index < -0.39 is 6.04 Å². The van der Waals surface area contributed by atoms with E-state index in [2.05, 4.69) is 10.6 Å². The first-order chi connectivity index (χ1) is 17.5. The third-order valence-corrected chi connectivity index (χ3v) is 10.8. The molecule has 3 unspecified atom stereocenters. The van der Waals surface area contributed by atoms with Crippen LogP contribution in [0.15, 0.2) is 18.2 Å². The lowest BCUT2D eigenvalue weighted by atomic mass is 9.15. The highest BCUT2D eigenvalue weighted by molar-refractivity contribution is 6.05. The molecule has 4 aliphatic carbocycles. The van der Waals surface area contributed by atoms with Crippen molar-refractivity contribution in [2.45, 2.75) is 88.8 Å². The molecule has 2 aliphatic heterocycles. The van der Waals surface area contributed by atoms with Crippen LogP contribution in [0.5, 0.6) is 5.75 Å². The van der Waals surface area contributed by atoms with Crippen LogP contribution in [-0.4, -0.2) is 47.4 Å². The summed E-state index contributed by atoms with van der Waals surface area (Å²) in [4.78, 5) is 38.3. The molecule has 36 heavy (non-hydrogen) atoms. The molecule has 6 aliphatic rings. The lowest BCUT2D eigenvalue weighted by Gasteiger charge is -2.91. The zero-order valence-corrected chi connectivity index (χ0v) is 21.0. The fourth-order valence-electron chi connectivity index (χ4n) is 9.19. The number of unbranched alkanes of at least 4 members (excludes halogenated alkanes) is 4. The van der Waals surface area contributed by atoms with E-state index in [0.29, 0.717) is 30.7 Å². The standard InChI is InChI=1S/C29H37N3O4/c33-25-10-9-23(26(34)31-25)32-17-22-21(27(32)35)7-6-8-24(22)36-12-5-3-1-2-4-11-30-28-15-19-13-18-14-20(16-28)29(18,19)28/h6-8,18-20,23,30H,1-5,9-17H2,(H,31,33,34). The Morgan fingerprint density at radius 3 is 2.53 bits per heavy atom. The third kappa shape index (κ3) is 3.04. The van der Waals surface area contributed by atoms with Gasteiger partial charge in [-0.15, -0.1) is 0 Å². The Bertz CT molecular complexity index is 1090. The van der Waals surface area contributed by atoms with Gasteiger partial charge < -0.3 is 15.0 Å². The molecule has 3 amide bonds. The van der Waals surface area contributed by atoms with Crippen molar-refractivity contribution in [3.05, 3.63) is 29.3 Å². The zero-order valence-electron chi connectivity index (χ0n) is 21.0. The maximum absolute atomic E-state index is 12.9. The number of imide groups is 1. The molecule has 0 radical (unpaired) electrons. The lowest BCUT2D eigenvalue weighted by Crippen LogP contribution is -2.92. The number of rotatable bonds is 11. The molecule has 0 aromatic heterocycles.